The zero-order valence-corrected chi connectivity index (χ0v) is 14.0. The van der Waals surface area contributed by atoms with Crippen LogP contribution in [0.2, 0.25) is 0 Å². The van der Waals surface area contributed by atoms with E-state index >= 15 is 0 Å². The highest BCUT2D eigenvalue weighted by atomic mass is 16.5. The molecular formula is C17H21N3O4. The largest absolute Gasteiger partial charge is 0.493 e. The Kier molecular flexibility index (Phi) is 6.24. The molecule has 2 amide bonds. The molecule has 2 aromatic rings. The number of nitrogens with one attached hydrogen (secondary N) is 2. The first-order valence-corrected chi connectivity index (χ1v) is 7.37. The number of hydrogen-bond acceptors (Lipinski definition) is 5. The number of urea groups is 1. The van der Waals surface area contributed by atoms with Crippen LogP contribution in [0.3, 0.4) is 0 Å². The number of nitrogens with zero attached hydrogens (tertiary/aromatic N) is 1. The van der Waals surface area contributed by atoms with Gasteiger partial charge in [0.15, 0.2) is 11.5 Å². The van der Waals surface area contributed by atoms with E-state index in [0.29, 0.717) is 30.5 Å². The summed E-state index contributed by atoms with van der Waals surface area (Å²) in [5.74, 6) is 1.82. The fraction of sp³-hybridized carbons (Fsp3) is 0.294. The van der Waals surface area contributed by atoms with Crippen molar-refractivity contribution in [3.8, 4) is 17.4 Å². The van der Waals surface area contributed by atoms with Crippen LogP contribution in [0.15, 0.2) is 36.5 Å². The topological polar surface area (TPSA) is 81.7 Å². The summed E-state index contributed by atoms with van der Waals surface area (Å²) >= 11 is 0. The number of rotatable bonds is 7. The first-order chi connectivity index (χ1) is 11.7. The first-order valence-electron chi connectivity index (χ1n) is 7.37. The SMILES string of the molecule is COc1ccc(CNC(=O)NCc2ccc(OC)c(OC)c2)cn1. The van der Waals surface area contributed by atoms with E-state index in [1.54, 1.807) is 39.7 Å². The van der Waals surface area contributed by atoms with Crippen molar-refractivity contribution >= 4 is 6.03 Å². The van der Waals surface area contributed by atoms with Crippen molar-refractivity contribution in [3.63, 3.8) is 0 Å². The van der Waals surface area contributed by atoms with E-state index in [4.69, 9.17) is 14.2 Å². The number of ether oxygens (including phenoxy) is 3. The molecule has 1 aromatic carbocycles. The smallest absolute Gasteiger partial charge is 0.315 e. The van der Waals surface area contributed by atoms with Gasteiger partial charge in [0.2, 0.25) is 5.88 Å². The van der Waals surface area contributed by atoms with Crippen LogP contribution in [0.4, 0.5) is 4.79 Å². The number of aromatic nitrogens is 1. The standard InChI is InChI=1S/C17H21N3O4/c1-22-14-6-4-12(8-15(14)23-2)9-19-17(21)20-11-13-5-7-16(24-3)18-10-13/h4-8,10H,9,11H2,1-3H3,(H2,19,20,21). The van der Waals surface area contributed by atoms with Gasteiger partial charge in [-0.2, -0.15) is 0 Å². The maximum Gasteiger partial charge on any atom is 0.315 e. The van der Waals surface area contributed by atoms with Crippen LogP contribution >= 0.6 is 0 Å². The zero-order valence-electron chi connectivity index (χ0n) is 14.0. The average molecular weight is 331 g/mol. The lowest BCUT2D eigenvalue weighted by atomic mass is 10.2. The number of benzene rings is 1. The Balaban J connectivity index is 1.82. The van der Waals surface area contributed by atoms with Crippen molar-refractivity contribution in [2.45, 2.75) is 13.1 Å². The maximum atomic E-state index is 11.9. The van der Waals surface area contributed by atoms with E-state index in [2.05, 4.69) is 15.6 Å². The van der Waals surface area contributed by atoms with Crippen LogP contribution in [0, 0.1) is 0 Å². The van der Waals surface area contributed by atoms with Gasteiger partial charge in [-0.15, -0.1) is 0 Å². The Morgan fingerprint density at radius 1 is 0.917 bits per heavy atom. The van der Waals surface area contributed by atoms with E-state index in [1.807, 2.05) is 18.2 Å². The molecule has 2 N–H and O–H groups in total. The summed E-state index contributed by atoms with van der Waals surface area (Å²) in [5, 5.41) is 5.56. The van der Waals surface area contributed by atoms with Crippen molar-refractivity contribution < 1.29 is 19.0 Å². The fourth-order valence-corrected chi connectivity index (χ4v) is 2.05. The molecule has 7 nitrogen and oxygen atoms in total. The lowest BCUT2D eigenvalue weighted by Crippen LogP contribution is -2.34. The molecule has 2 rings (SSSR count). The molecule has 0 saturated carbocycles. The molecule has 7 heteroatoms. The predicted octanol–water partition coefficient (Wildman–Crippen LogP) is 2.11. The van der Waals surface area contributed by atoms with Gasteiger partial charge in [0.05, 0.1) is 21.3 Å². The third kappa shape index (κ3) is 4.77. The molecule has 0 atom stereocenters. The van der Waals surface area contributed by atoms with Crippen molar-refractivity contribution in [2.75, 3.05) is 21.3 Å². The molecule has 1 aromatic heterocycles. The minimum Gasteiger partial charge on any atom is -0.493 e. The van der Waals surface area contributed by atoms with Crippen molar-refractivity contribution in [1.82, 2.24) is 15.6 Å². The van der Waals surface area contributed by atoms with Gasteiger partial charge >= 0.3 is 6.03 Å². The Hall–Kier alpha value is -2.96. The molecule has 1 heterocycles. The third-order valence-corrected chi connectivity index (χ3v) is 3.36. The Morgan fingerprint density at radius 3 is 2.17 bits per heavy atom. The van der Waals surface area contributed by atoms with E-state index in [0.717, 1.165) is 11.1 Å². The third-order valence-electron chi connectivity index (χ3n) is 3.36. The lowest BCUT2D eigenvalue weighted by molar-refractivity contribution is 0.240. The van der Waals surface area contributed by atoms with Gasteiger partial charge in [-0.3, -0.25) is 0 Å². The second-order valence-electron chi connectivity index (χ2n) is 4.93. The molecule has 0 spiro atoms. The minimum atomic E-state index is -0.263. The Bertz CT molecular complexity index is 674. The van der Waals surface area contributed by atoms with Crippen LogP contribution in [-0.4, -0.2) is 32.3 Å². The number of pyridine rings is 1. The highest BCUT2D eigenvalue weighted by Gasteiger charge is 2.06. The lowest BCUT2D eigenvalue weighted by Gasteiger charge is -2.11. The van der Waals surface area contributed by atoms with E-state index in [9.17, 15) is 4.79 Å². The molecule has 0 aliphatic carbocycles. The van der Waals surface area contributed by atoms with Crippen LogP contribution in [-0.2, 0) is 13.1 Å². The molecule has 0 aliphatic rings. The zero-order chi connectivity index (χ0) is 17.4. The number of carbonyl (C=O) groups is 1. The summed E-state index contributed by atoms with van der Waals surface area (Å²) in [6.45, 7) is 0.766. The van der Waals surface area contributed by atoms with Crippen molar-refractivity contribution in [3.05, 3.63) is 47.7 Å². The number of amides is 2. The van der Waals surface area contributed by atoms with Crippen LogP contribution in [0.1, 0.15) is 11.1 Å². The quantitative estimate of drug-likeness (QED) is 0.812. The van der Waals surface area contributed by atoms with Crippen LogP contribution in [0.25, 0.3) is 0 Å². The van der Waals surface area contributed by atoms with E-state index in [-0.39, 0.29) is 6.03 Å². The van der Waals surface area contributed by atoms with E-state index < -0.39 is 0 Å². The Morgan fingerprint density at radius 2 is 1.58 bits per heavy atom. The number of carbonyl (C=O) groups excluding carboxylic acids is 1. The molecular weight excluding hydrogens is 310 g/mol. The number of hydrogen-bond donors (Lipinski definition) is 2. The monoisotopic (exact) mass is 331 g/mol. The van der Waals surface area contributed by atoms with Gasteiger partial charge in [-0.25, -0.2) is 9.78 Å². The van der Waals surface area contributed by atoms with Crippen molar-refractivity contribution in [2.24, 2.45) is 0 Å². The van der Waals surface area contributed by atoms with Gasteiger partial charge in [-0.05, 0) is 23.3 Å². The molecule has 0 radical (unpaired) electrons. The van der Waals surface area contributed by atoms with Gasteiger partial charge in [-0.1, -0.05) is 12.1 Å². The highest BCUT2D eigenvalue weighted by molar-refractivity contribution is 5.73. The summed E-state index contributed by atoms with van der Waals surface area (Å²) in [5.41, 5.74) is 1.80. The Labute approximate surface area is 140 Å². The first kappa shape index (κ1) is 17.4. The summed E-state index contributed by atoms with van der Waals surface area (Å²) in [6, 6.07) is 8.83. The molecule has 0 aliphatic heterocycles. The van der Waals surface area contributed by atoms with Crippen LogP contribution in [0.5, 0.6) is 17.4 Å². The summed E-state index contributed by atoms with van der Waals surface area (Å²) < 4.78 is 15.4. The predicted molar refractivity (Wildman–Crippen MR) is 89.4 cm³/mol. The number of methoxy groups -OCH3 is 3. The molecule has 0 fully saturated rings. The summed E-state index contributed by atoms with van der Waals surface area (Å²) in [7, 11) is 4.71. The maximum absolute atomic E-state index is 11.9. The minimum absolute atomic E-state index is 0.263. The van der Waals surface area contributed by atoms with Gasteiger partial charge in [0.1, 0.15) is 0 Å². The van der Waals surface area contributed by atoms with E-state index in [1.165, 1.54) is 0 Å². The molecule has 0 saturated heterocycles. The molecule has 0 bridgehead atoms. The molecule has 24 heavy (non-hydrogen) atoms. The van der Waals surface area contributed by atoms with Gasteiger partial charge in [0.25, 0.3) is 0 Å². The van der Waals surface area contributed by atoms with Crippen LogP contribution < -0.4 is 24.8 Å². The summed E-state index contributed by atoms with van der Waals surface area (Å²) in [6.07, 6.45) is 1.66. The normalized spacial score (nSPS) is 9.96. The second kappa shape index (κ2) is 8.61. The average Bonchev–Trinajstić information content (AvgIpc) is 2.64. The van der Waals surface area contributed by atoms with Gasteiger partial charge in [0, 0.05) is 25.4 Å². The molecule has 128 valence electrons. The second-order valence-corrected chi connectivity index (χ2v) is 4.93. The molecule has 0 unspecified atom stereocenters. The summed E-state index contributed by atoms with van der Waals surface area (Å²) in [4.78, 5) is 16.0. The van der Waals surface area contributed by atoms with Crippen molar-refractivity contribution in [1.29, 1.82) is 0 Å². The van der Waals surface area contributed by atoms with Gasteiger partial charge < -0.3 is 24.8 Å². The fourth-order valence-electron chi connectivity index (χ4n) is 2.05. The highest BCUT2D eigenvalue weighted by Crippen LogP contribution is 2.27.